The quantitative estimate of drug-likeness (QED) is 0.429. The van der Waals surface area contributed by atoms with Crippen LogP contribution in [0.5, 0.6) is 0 Å². The summed E-state index contributed by atoms with van der Waals surface area (Å²) in [7, 11) is -2.46. The maximum atomic E-state index is 5.70. The van der Waals surface area contributed by atoms with Crippen LogP contribution < -0.4 is 0 Å². The maximum absolute atomic E-state index is 5.70. The third kappa shape index (κ3) is 6.30. The van der Waals surface area contributed by atoms with Crippen molar-refractivity contribution in [2.24, 2.45) is 0 Å². The highest BCUT2D eigenvalue weighted by Gasteiger charge is 2.39. The highest BCUT2D eigenvalue weighted by Crippen LogP contribution is 2.17. The summed E-state index contributed by atoms with van der Waals surface area (Å²) in [6, 6.07) is 2.13. The topological polar surface area (TPSA) is 27.7 Å². The highest BCUT2D eigenvalue weighted by molar-refractivity contribution is 6.64. The molecule has 0 aliphatic carbocycles. The molecular weight excluding hydrogens is 208 g/mol. The Hall–Kier alpha value is 0.0969. The molecule has 0 unspecified atom stereocenters. The second kappa shape index (κ2) is 9.33. The van der Waals surface area contributed by atoms with Crippen LogP contribution in [0.3, 0.4) is 0 Å². The summed E-state index contributed by atoms with van der Waals surface area (Å²) < 4.78 is 17.1. The second-order valence-corrected chi connectivity index (χ2v) is 5.73. The van der Waals surface area contributed by atoms with Gasteiger partial charge in [-0.2, -0.15) is 0 Å². The third-order valence-corrected chi connectivity index (χ3v) is 4.85. The van der Waals surface area contributed by atoms with Crippen LogP contribution in [-0.2, 0) is 13.3 Å². The molecule has 0 bridgehead atoms. The van der Waals surface area contributed by atoms with Crippen LogP contribution in [0.4, 0.5) is 0 Å². The molecule has 0 aromatic rings. The van der Waals surface area contributed by atoms with E-state index in [2.05, 4.69) is 13.0 Å². The third-order valence-electron chi connectivity index (χ3n) is 1.99. The normalized spacial score (nSPS) is 12.0. The van der Waals surface area contributed by atoms with Crippen molar-refractivity contribution in [2.45, 2.75) is 47.0 Å². The van der Waals surface area contributed by atoms with Crippen LogP contribution in [-0.4, -0.2) is 28.6 Å². The fourth-order valence-corrected chi connectivity index (χ4v) is 3.76. The summed E-state index contributed by atoms with van der Waals surface area (Å²) in [4.78, 5) is 0. The lowest BCUT2D eigenvalue weighted by molar-refractivity contribution is 0.0785. The van der Waals surface area contributed by atoms with Crippen LogP contribution >= 0.6 is 0 Å². The monoisotopic (exact) mass is 233 g/mol. The predicted molar refractivity (Wildman–Crippen MR) is 64.5 cm³/mol. The van der Waals surface area contributed by atoms with Crippen molar-refractivity contribution in [3.63, 3.8) is 0 Å². The smallest absolute Gasteiger partial charge is 0.374 e. The van der Waals surface area contributed by atoms with Crippen LogP contribution in [0, 0.1) is 6.04 Å². The first kappa shape index (κ1) is 15.1. The van der Waals surface area contributed by atoms with Gasteiger partial charge in [0.1, 0.15) is 0 Å². The van der Waals surface area contributed by atoms with Crippen molar-refractivity contribution in [1.82, 2.24) is 0 Å². The van der Waals surface area contributed by atoms with Gasteiger partial charge in [0.15, 0.2) is 0 Å². The van der Waals surface area contributed by atoms with Gasteiger partial charge in [0.05, 0.1) is 0 Å². The highest BCUT2D eigenvalue weighted by atomic mass is 28.4. The van der Waals surface area contributed by atoms with Gasteiger partial charge in [0.25, 0.3) is 0 Å². The lowest BCUT2D eigenvalue weighted by Crippen LogP contribution is -2.47. The molecule has 0 aliphatic heterocycles. The first-order valence-electron chi connectivity index (χ1n) is 6.00. The van der Waals surface area contributed by atoms with Crippen LogP contribution in [0.2, 0.25) is 0 Å². The van der Waals surface area contributed by atoms with Crippen LogP contribution in [0.15, 0.2) is 0 Å². The molecular formula is C11H25O3Si. The summed E-state index contributed by atoms with van der Waals surface area (Å²) in [6.07, 6.45) is 3.37. The maximum Gasteiger partial charge on any atom is 0.504 e. The molecule has 0 aromatic carbocycles. The van der Waals surface area contributed by atoms with E-state index in [-0.39, 0.29) is 0 Å². The average molecular weight is 233 g/mol. The van der Waals surface area contributed by atoms with Crippen LogP contribution in [0.25, 0.3) is 0 Å². The zero-order valence-electron chi connectivity index (χ0n) is 10.5. The first-order valence-corrected chi connectivity index (χ1v) is 7.81. The Labute approximate surface area is 95.5 Å². The molecule has 1 radical (unpaired) electrons. The Morgan fingerprint density at radius 1 is 0.867 bits per heavy atom. The van der Waals surface area contributed by atoms with E-state index in [4.69, 9.17) is 13.3 Å². The molecule has 0 aromatic heterocycles. The zero-order valence-corrected chi connectivity index (χ0v) is 11.5. The second-order valence-electron chi connectivity index (χ2n) is 3.25. The minimum Gasteiger partial charge on any atom is -0.374 e. The summed E-state index contributed by atoms with van der Waals surface area (Å²) >= 11 is 0. The number of unbranched alkanes of at least 4 members (excludes halogenated alkanes) is 2. The van der Waals surface area contributed by atoms with E-state index in [0.717, 1.165) is 6.42 Å². The van der Waals surface area contributed by atoms with E-state index >= 15 is 0 Å². The van der Waals surface area contributed by atoms with Gasteiger partial charge < -0.3 is 13.3 Å². The molecule has 0 saturated heterocycles. The molecule has 3 nitrogen and oxygen atoms in total. The van der Waals surface area contributed by atoms with Gasteiger partial charge in [-0.3, -0.25) is 0 Å². The van der Waals surface area contributed by atoms with Gasteiger partial charge in [-0.15, -0.1) is 0 Å². The van der Waals surface area contributed by atoms with E-state index in [1.165, 1.54) is 12.8 Å². The van der Waals surface area contributed by atoms with Crippen molar-refractivity contribution in [3.8, 4) is 0 Å². The molecule has 0 rings (SSSR count). The molecule has 0 atom stereocenters. The van der Waals surface area contributed by atoms with E-state index in [1.807, 2.05) is 20.8 Å². The summed E-state index contributed by atoms with van der Waals surface area (Å²) in [6.45, 7) is 10.1. The molecule has 0 saturated carbocycles. The summed E-state index contributed by atoms with van der Waals surface area (Å²) in [5, 5.41) is 0. The van der Waals surface area contributed by atoms with Gasteiger partial charge >= 0.3 is 8.80 Å². The fourth-order valence-electron chi connectivity index (χ4n) is 1.39. The number of hydrogen-bond donors (Lipinski definition) is 0. The summed E-state index contributed by atoms with van der Waals surface area (Å²) in [5.41, 5.74) is 0. The molecule has 4 heteroatoms. The molecule has 0 fully saturated rings. The molecule has 0 N–H and O–H groups in total. The van der Waals surface area contributed by atoms with E-state index in [0.29, 0.717) is 19.8 Å². The molecule has 0 heterocycles. The molecule has 91 valence electrons. The lowest BCUT2D eigenvalue weighted by Gasteiger charge is -2.28. The molecule has 0 spiro atoms. The van der Waals surface area contributed by atoms with Gasteiger partial charge in [0.2, 0.25) is 0 Å². The molecule has 15 heavy (non-hydrogen) atoms. The van der Waals surface area contributed by atoms with Gasteiger partial charge in [0, 0.05) is 25.9 Å². The fraction of sp³-hybridized carbons (Fsp3) is 0.909. The van der Waals surface area contributed by atoms with E-state index < -0.39 is 8.80 Å². The van der Waals surface area contributed by atoms with Crippen molar-refractivity contribution in [3.05, 3.63) is 6.04 Å². The Bertz CT molecular complexity index is 125. The van der Waals surface area contributed by atoms with Gasteiger partial charge in [-0.25, -0.2) is 0 Å². The standard InChI is InChI=1S/C11H25O3Si/c1-5-9-10-11-15(12-6-2,13-7-3)14-8-4/h11H,5-10H2,1-4H3. The predicted octanol–water partition coefficient (Wildman–Crippen LogP) is 2.97. The van der Waals surface area contributed by atoms with Gasteiger partial charge in [-0.1, -0.05) is 19.8 Å². The average Bonchev–Trinajstić information content (AvgIpc) is 2.19. The van der Waals surface area contributed by atoms with Crippen molar-refractivity contribution < 1.29 is 13.3 Å². The van der Waals surface area contributed by atoms with Gasteiger partial charge in [-0.05, 0) is 27.2 Å². The molecule has 0 amide bonds. The van der Waals surface area contributed by atoms with Crippen LogP contribution in [0.1, 0.15) is 47.0 Å². The minimum absolute atomic E-state index is 0.648. The van der Waals surface area contributed by atoms with Crippen molar-refractivity contribution >= 4 is 8.80 Å². The Morgan fingerprint density at radius 3 is 1.67 bits per heavy atom. The summed E-state index contributed by atoms with van der Waals surface area (Å²) in [5.74, 6) is 0. The largest absolute Gasteiger partial charge is 0.504 e. The van der Waals surface area contributed by atoms with Crippen molar-refractivity contribution in [2.75, 3.05) is 19.8 Å². The van der Waals surface area contributed by atoms with Crippen molar-refractivity contribution in [1.29, 1.82) is 0 Å². The lowest BCUT2D eigenvalue weighted by atomic mass is 10.3. The van der Waals surface area contributed by atoms with E-state index in [9.17, 15) is 0 Å². The Balaban J connectivity index is 4.18. The Kier molecular flexibility index (Phi) is 9.39. The number of rotatable bonds is 10. The molecule has 0 aliphatic rings. The SMILES string of the molecule is CCCC[CH][Si](OCC)(OCC)OCC. The number of hydrogen-bond acceptors (Lipinski definition) is 3. The first-order chi connectivity index (χ1) is 7.24. The minimum atomic E-state index is -2.46. The van der Waals surface area contributed by atoms with E-state index in [1.54, 1.807) is 0 Å². The zero-order chi connectivity index (χ0) is 11.6. The Morgan fingerprint density at radius 2 is 1.33 bits per heavy atom.